The van der Waals surface area contributed by atoms with Crippen LogP contribution >= 0.6 is 23.8 Å². The van der Waals surface area contributed by atoms with Crippen LogP contribution in [-0.4, -0.2) is 66.7 Å². The summed E-state index contributed by atoms with van der Waals surface area (Å²) >= 11 is 12.1. The first-order valence-corrected chi connectivity index (χ1v) is 15.2. The van der Waals surface area contributed by atoms with Crippen LogP contribution in [0.1, 0.15) is 35.2 Å². The molecule has 0 saturated carbocycles. The molecule has 2 unspecified atom stereocenters. The molecule has 4 N–H and O–H groups in total. The number of ether oxygens (including phenoxy) is 1. The number of rotatable bonds is 13. The first-order chi connectivity index (χ1) is 21.1. The van der Waals surface area contributed by atoms with Gasteiger partial charge in [-0.15, -0.1) is 0 Å². The van der Waals surface area contributed by atoms with Gasteiger partial charge in [0.1, 0.15) is 28.6 Å². The Kier molecular flexibility index (Phi) is 10.4. The molecular weight excluding hydrogens is 603 g/mol. The Morgan fingerprint density at radius 1 is 1.30 bits per heavy atom. The maximum atomic E-state index is 13.5. The van der Waals surface area contributed by atoms with Crippen molar-refractivity contribution in [2.24, 2.45) is 0 Å². The minimum Gasteiger partial charge on any atom is -0.487 e. The van der Waals surface area contributed by atoms with Crippen molar-refractivity contribution in [1.29, 1.82) is 0 Å². The summed E-state index contributed by atoms with van der Waals surface area (Å²) in [6, 6.07) is 11.5. The minimum atomic E-state index is -0.577. The molecule has 9 nitrogen and oxygen atoms in total. The van der Waals surface area contributed by atoms with E-state index in [1.807, 2.05) is 19.2 Å². The molecule has 12 heteroatoms. The van der Waals surface area contributed by atoms with Gasteiger partial charge in [0.05, 0.1) is 41.4 Å². The number of benzene rings is 2. The fourth-order valence-electron chi connectivity index (χ4n) is 5.30. The molecule has 1 aliphatic rings. The van der Waals surface area contributed by atoms with E-state index in [1.165, 1.54) is 18.5 Å². The third kappa shape index (κ3) is 8.30. The van der Waals surface area contributed by atoms with E-state index in [0.717, 1.165) is 29.8 Å². The Morgan fingerprint density at radius 3 is 2.89 bits per heavy atom. The first kappa shape index (κ1) is 31.8. The third-order valence-corrected chi connectivity index (χ3v) is 8.12. The number of aliphatic hydroxyl groups is 2. The number of aromatic amines is 1. The van der Waals surface area contributed by atoms with Gasteiger partial charge in [0.15, 0.2) is 0 Å². The number of halogens is 2. The SMILES string of the molecule is C=C(CCc1nn(CC(O)CN2CCC(O)C2)cc1C)c1c(Nc2ccc(OCc3cccc(F)c3)c(Cl)c2)[nH]cnc1=S. The van der Waals surface area contributed by atoms with Crippen molar-refractivity contribution in [2.45, 2.75) is 51.5 Å². The number of likely N-dealkylation sites (tertiary alicyclic amines) is 1. The molecule has 0 bridgehead atoms. The number of H-pyrrole nitrogens is 1. The van der Waals surface area contributed by atoms with Gasteiger partial charge in [0.2, 0.25) is 0 Å². The van der Waals surface area contributed by atoms with Crippen molar-refractivity contribution in [3.8, 4) is 5.75 Å². The molecule has 5 rings (SSSR count). The molecule has 1 aliphatic heterocycles. The smallest absolute Gasteiger partial charge is 0.139 e. The zero-order valence-corrected chi connectivity index (χ0v) is 26.0. The summed E-state index contributed by atoms with van der Waals surface area (Å²) in [5, 5.41) is 28.7. The average Bonchev–Trinajstić information content (AvgIpc) is 3.54. The van der Waals surface area contributed by atoms with Crippen molar-refractivity contribution in [2.75, 3.05) is 25.0 Å². The fraction of sp³-hybridized carbons (Fsp3) is 0.344. The van der Waals surface area contributed by atoms with Crippen molar-refractivity contribution >= 4 is 40.9 Å². The molecule has 2 aromatic heterocycles. The number of hydrogen-bond donors (Lipinski definition) is 4. The van der Waals surface area contributed by atoms with E-state index in [-0.39, 0.29) is 18.5 Å². The number of anilines is 2. The van der Waals surface area contributed by atoms with Crippen LogP contribution in [0.5, 0.6) is 5.75 Å². The maximum Gasteiger partial charge on any atom is 0.139 e. The fourth-order valence-corrected chi connectivity index (χ4v) is 5.83. The van der Waals surface area contributed by atoms with Gasteiger partial charge < -0.3 is 25.3 Å². The minimum absolute atomic E-state index is 0.188. The van der Waals surface area contributed by atoms with Crippen LogP contribution in [0.3, 0.4) is 0 Å². The Hall–Kier alpha value is -3.61. The highest BCUT2D eigenvalue weighted by Crippen LogP contribution is 2.32. The van der Waals surface area contributed by atoms with Gasteiger partial charge in [-0.25, -0.2) is 9.37 Å². The second kappa shape index (κ2) is 14.4. The second-order valence-corrected chi connectivity index (χ2v) is 11.9. The van der Waals surface area contributed by atoms with E-state index >= 15 is 0 Å². The highest BCUT2D eigenvalue weighted by atomic mass is 35.5. The monoisotopic (exact) mass is 638 g/mol. The molecule has 2 aromatic carbocycles. The van der Waals surface area contributed by atoms with Crippen molar-refractivity contribution in [3.63, 3.8) is 0 Å². The second-order valence-electron chi connectivity index (χ2n) is 11.1. The normalized spacial score (nSPS) is 15.8. The summed E-state index contributed by atoms with van der Waals surface area (Å²) in [6.07, 6.45) is 4.56. The molecule has 0 amide bonds. The largest absolute Gasteiger partial charge is 0.487 e. The molecule has 1 saturated heterocycles. The Labute approximate surface area is 266 Å². The van der Waals surface area contributed by atoms with Gasteiger partial charge in [-0.2, -0.15) is 5.10 Å². The van der Waals surface area contributed by atoms with Crippen molar-refractivity contribution in [1.82, 2.24) is 24.6 Å². The lowest BCUT2D eigenvalue weighted by Crippen LogP contribution is -2.34. The van der Waals surface area contributed by atoms with Crippen LogP contribution in [0.2, 0.25) is 5.02 Å². The number of β-amino-alcohol motifs (C(OH)–C–C–N with tert-alkyl or cyclic N) is 2. The summed E-state index contributed by atoms with van der Waals surface area (Å²) in [6.45, 7) is 8.77. The molecule has 2 atom stereocenters. The molecule has 0 aliphatic carbocycles. The molecule has 3 heterocycles. The predicted molar refractivity (Wildman–Crippen MR) is 172 cm³/mol. The van der Waals surface area contributed by atoms with E-state index < -0.39 is 6.10 Å². The quantitative estimate of drug-likeness (QED) is 0.135. The first-order valence-electron chi connectivity index (χ1n) is 14.5. The van der Waals surface area contributed by atoms with E-state index in [1.54, 1.807) is 28.9 Å². The van der Waals surface area contributed by atoms with Gasteiger partial charge in [-0.3, -0.25) is 9.58 Å². The lowest BCUT2D eigenvalue weighted by atomic mass is 10.0. The van der Waals surface area contributed by atoms with Gasteiger partial charge >= 0.3 is 0 Å². The summed E-state index contributed by atoms with van der Waals surface area (Å²) in [5.74, 6) is 0.794. The molecule has 0 radical (unpaired) electrons. The van der Waals surface area contributed by atoms with E-state index in [4.69, 9.17) is 33.7 Å². The lowest BCUT2D eigenvalue weighted by molar-refractivity contribution is 0.0966. The van der Waals surface area contributed by atoms with Crippen molar-refractivity contribution in [3.05, 3.63) is 99.4 Å². The molecule has 44 heavy (non-hydrogen) atoms. The Balaban J connectivity index is 1.20. The number of aryl methyl sites for hydroxylation is 2. The maximum absolute atomic E-state index is 13.5. The number of aromatic nitrogens is 4. The van der Waals surface area contributed by atoms with Gasteiger partial charge in [0, 0.05) is 31.5 Å². The van der Waals surface area contributed by atoms with E-state index in [0.29, 0.717) is 70.5 Å². The number of hydrogen-bond acceptors (Lipinski definition) is 8. The molecule has 4 aromatic rings. The van der Waals surface area contributed by atoms with Crippen LogP contribution in [0.25, 0.3) is 5.57 Å². The molecule has 1 fully saturated rings. The number of allylic oxidation sites excluding steroid dienone is 1. The summed E-state index contributed by atoms with van der Waals surface area (Å²) in [7, 11) is 0. The van der Waals surface area contributed by atoms with Gasteiger partial charge in [-0.05, 0) is 73.2 Å². The Morgan fingerprint density at radius 2 is 2.14 bits per heavy atom. The zero-order valence-electron chi connectivity index (χ0n) is 24.5. The number of nitrogens with one attached hydrogen (secondary N) is 2. The lowest BCUT2D eigenvalue weighted by Gasteiger charge is -2.19. The van der Waals surface area contributed by atoms with Crippen LogP contribution in [-0.2, 0) is 19.6 Å². The predicted octanol–water partition coefficient (Wildman–Crippen LogP) is 5.83. The van der Waals surface area contributed by atoms with Crippen LogP contribution in [0.15, 0.2) is 61.6 Å². The summed E-state index contributed by atoms with van der Waals surface area (Å²) in [4.78, 5) is 9.48. The average molecular weight is 639 g/mol. The standard InChI is InChI=1S/C32H36ClFN6O3S/c1-20(6-8-28-21(2)14-40(38-28)17-26(42)16-39-11-10-25(41)15-39)30-31(35-19-36-32(30)44)37-24-7-9-29(27(33)13-24)43-18-22-4-3-5-23(34)12-22/h3-5,7,9,12-14,19,25-26,41-42H,1,6,8,10-11,15-18H2,2H3,(H2,35,36,37,44). The van der Waals surface area contributed by atoms with E-state index in [2.05, 4.69) is 26.8 Å². The van der Waals surface area contributed by atoms with Crippen LogP contribution in [0, 0.1) is 17.4 Å². The van der Waals surface area contributed by atoms with E-state index in [9.17, 15) is 14.6 Å². The Bertz CT molecular complexity index is 1680. The van der Waals surface area contributed by atoms with Crippen LogP contribution < -0.4 is 10.1 Å². The molecular formula is C32H36ClFN6O3S. The third-order valence-electron chi connectivity index (χ3n) is 7.52. The molecule has 232 valence electrons. The summed E-state index contributed by atoms with van der Waals surface area (Å²) < 4.78 is 21.5. The zero-order chi connectivity index (χ0) is 31.2. The van der Waals surface area contributed by atoms with Gasteiger partial charge in [-0.1, -0.05) is 42.5 Å². The van der Waals surface area contributed by atoms with Crippen LogP contribution in [0.4, 0.5) is 15.9 Å². The highest BCUT2D eigenvalue weighted by Gasteiger charge is 2.22. The number of aliphatic hydroxyl groups excluding tert-OH is 2. The molecule has 0 spiro atoms. The van der Waals surface area contributed by atoms with Gasteiger partial charge in [0.25, 0.3) is 0 Å². The summed E-state index contributed by atoms with van der Waals surface area (Å²) in [5.41, 5.74) is 4.86. The topological polar surface area (TPSA) is 111 Å². The number of nitrogens with zero attached hydrogens (tertiary/aromatic N) is 4. The highest BCUT2D eigenvalue weighted by molar-refractivity contribution is 7.71. The van der Waals surface area contributed by atoms with Crippen molar-refractivity contribution < 1.29 is 19.3 Å².